The van der Waals surface area contributed by atoms with Crippen molar-refractivity contribution in [2.24, 2.45) is 11.8 Å². The molecular weight excluding hydrogens is 262 g/mol. The van der Waals surface area contributed by atoms with Crippen LogP contribution in [0, 0.1) is 11.8 Å². The van der Waals surface area contributed by atoms with Crippen molar-refractivity contribution < 1.29 is 19.2 Å². The summed E-state index contributed by atoms with van der Waals surface area (Å²) in [6.07, 6.45) is 4.96. The van der Waals surface area contributed by atoms with Gasteiger partial charge in [-0.15, -0.1) is 0 Å². The topological polar surface area (TPSA) is 104 Å². The molecule has 20 heavy (non-hydrogen) atoms. The number of carboxylic acid groups (broad SMARTS) is 1. The van der Waals surface area contributed by atoms with Crippen LogP contribution in [0.15, 0.2) is 16.9 Å². The van der Waals surface area contributed by atoms with Gasteiger partial charge in [0.05, 0.1) is 12.5 Å². The van der Waals surface area contributed by atoms with E-state index in [4.69, 9.17) is 5.11 Å². The van der Waals surface area contributed by atoms with E-state index < -0.39 is 5.97 Å². The third-order valence-corrected chi connectivity index (χ3v) is 3.67. The van der Waals surface area contributed by atoms with Gasteiger partial charge >= 0.3 is 12.0 Å². The number of hydrogen-bond acceptors (Lipinski definition) is 4. The van der Waals surface area contributed by atoms with Crippen molar-refractivity contribution in [2.45, 2.75) is 32.2 Å². The third-order valence-electron chi connectivity index (χ3n) is 3.67. The van der Waals surface area contributed by atoms with Crippen molar-refractivity contribution >= 4 is 12.0 Å². The quantitative estimate of drug-likeness (QED) is 0.756. The van der Waals surface area contributed by atoms with Crippen LogP contribution in [0.3, 0.4) is 0 Å². The molecule has 1 aromatic rings. The lowest BCUT2D eigenvalue weighted by molar-refractivity contribution is -0.144. The van der Waals surface area contributed by atoms with Crippen molar-refractivity contribution in [3.8, 4) is 0 Å². The minimum Gasteiger partial charge on any atom is -0.481 e. The number of rotatable bonds is 5. The summed E-state index contributed by atoms with van der Waals surface area (Å²) in [5, 5.41) is 18.2. The molecule has 0 bridgehead atoms. The fourth-order valence-corrected chi connectivity index (χ4v) is 2.56. The van der Waals surface area contributed by atoms with Crippen LogP contribution in [0.2, 0.25) is 0 Å². The number of carbonyl (C=O) groups excluding carboxylic acids is 1. The molecule has 2 rings (SSSR count). The average molecular weight is 281 g/mol. The summed E-state index contributed by atoms with van der Waals surface area (Å²) in [7, 11) is 0. The second-order valence-corrected chi connectivity index (χ2v) is 5.04. The minimum absolute atomic E-state index is 0.0130. The van der Waals surface area contributed by atoms with Gasteiger partial charge in [-0.3, -0.25) is 4.79 Å². The molecular formula is C13H19N3O4. The van der Waals surface area contributed by atoms with Crippen LogP contribution in [-0.4, -0.2) is 28.8 Å². The highest BCUT2D eigenvalue weighted by atomic mass is 16.5. The van der Waals surface area contributed by atoms with Crippen molar-refractivity contribution in [1.29, 1.82) is 0 Å². The molecule has 110 valence electrons. The molecule has 1 aliphatic rings. The number of nitrogens with one attached hydrogen (secondary N) is 2. The average Bonchev–Trinajstić information content (AvgIpc) is 2.96. The van der Waals surface area contributed by atoms with E-state index in [1.807, 2.05) is 0 Å². The Labute approximate surface area is 116 Å². The predicted molar refractivity (Wildman–Crippen MR) is 69.8 cm³/mol. The summed E-state index contributed by atoms with van der Waals surface area (Å²) in [5.41, 5.74) is 0.640. The zero-order valence-electron chi connectivity index (χ0n) is 11.2. The Bertz CT molecular complexity index is 446. The van der Waals surface area contributed by atoms with Gasteiger partial charge in [-0.05, 0) is 18.8 Å². The Morgan fingerprint density at radius 1 is 1.35 bits per heavy atom. The van der Waals surface area contributed by atoms with E-state index in [1.54, 1.807) is 6.07 Å². The van der Waals surface area contributed by atoms with E-state index >= 15 is 0 Å². The lowest BCUT2D eigenvalue weighted by atomic mass is 9.79. The van der Waals surface area contributed by atoms with Crippen molar-refractivity contribution in [3.05, 3.63) is 18.0 Å². The van der Waals surface area contributed by atoms with Crippen molar-refractivity contribution in [1.82, 2.24) is 15.8 Å². The Morgan fingerprint density at radius 2 is 2.15 bits per heavy atom. The molecule has 7 nitrogen and oxygen atoms in total. The first-order valence-electron chi connectivity index (χ1n) is 6.80. The summed E-state index contributed by atoms with van der Waals surface area (Å²) < 4.78 is 4.66. The smallest absolute Gasteiger partial charge is 0.315 e. The standard InChI is InChI=1S/C13H19N3O4/c17-12(18)11-4-2-1-3-9(11)7-14-13(19)15-8-10-5-6-20-16-10/h5-6,9,11H,1-4,7-8H2,(H,17,18)(H2,14,15,19). The fourth-order valence-electron chi connectivity index (χ4n) is 2.56. The maximum atomic E-state index is 11.6. The van der Waals surface area contributed by atoms with Crippen LogP contribution in [-0.2, 0) is 11.3 Å². The summed E-state index contributed by atoms with van der Waals surface area (Å²) >= 11 is 0. The van der Waals surface area contributed by atoms with Crippen LogP contribution in [0.5, 0.6) is 0 Å². The highest BCUT2D eigenvalue weighted by molar-refractivity contribution is 5.74. The molecule has 0 aromatic carbocycles. The minimum atomic E-state index is -0.764. The summed E-state index contributed by atoms with van der Waals surface area (Å²) in [4.78, 5) is 22.8. The van der Waals surface area contributed by atoms with Crippen LogP contribution in [0.1, 0.15) is 31.4 Å². The number of amides is 2. The first-order chi connectivity index (χ1) is 9.66. The molecule has 3 N–H and O–H groups in total. The maximum absolute atomic E-state index is 11.6. The molecule has 1 heterocycles. The molecule has 1 aromatic heterocycles. The molecule has 0 saturated heterocycles. The number of carbonyl (C=O) groups is 2. The van der Waals surface area contributed by atoms with Crippen LogP contribution in [0.25, 0.3) is 0 Å². The molecule has 2 unspecified atom stereocenters. The van der Waals surface area contributed by atoms with Crippen LogP contribution in [0.4, 0.5) is 4.79 Å². The SMILES string of the molecule is O=C(NCc1ccon1)NCC1CCCCC1C(=O)O. The van der Waals surface area contributed by atoms with Gasteiger partial charge < -0.3 is 20.3 Å². The lowest BCUT2D eigenvalue weighted by Gasteiger charge is -2.28. The van der Waals surface area contributed by atoms with E-state index in [0.29, 0.717) is 18.7 Å². The second kappa shape index (κ2) is 6.93. The van der Waals surface area contributed by atoms with Gasteiger partial charge in [0.25, 0.3) is 0 Å². The molecule has 0 aliphatic heterocycles. The van der Waals surface area contributed by atoms with Gasteiger partial charge in [-0.1, -0.05) is 18.0 Å². The molecule has 2 atom stereocenters. The van der Waals surface area contributed by atoms with Crippen molar-refractivity contribution in [3.63, 3.8) is 0 Å². The number of urea groups is 1. The number of nitrogens with zero attached hydrogens (tertiary/aromatic N) is 1. The van der Waals surface area contributed by atoms with Gasteiger partial charge in [0, 0.05) is 12.6 Å². The summed E-state index contributed by atoms with van der Waals surface area (Å²) in [6, 6.07) is 1.35. The van der Waals surface area contributed by atoms with Gasteiger partial charge in [-0.25, -0.2) is 4.79 Å². The number of carboxylic acids is 1. The first-order valence-corrected chi connectivity index (χ1v) is 6.80. The zero-order valence-corrected chi connectivity index (χ0v) is 11.2. The molecule has 2 amide bonds. The Kier molecular flexibility index (Phi) is 4.97. The summed E-state index contributed by atoms with van der Waals surface area (Å²) in [6.45, 7) is 0.678. The molecule has 1 saturated carbocycles. The highest BCUT2D eigenvalue weighted by Gasteiger charge is 2.30. The monoisotopic (exact) mass is 281 g/mol. The first kappa shape index (κ1) is 14.4. The maximum Gasteiger partial charge on any atom is 0.315 e. The largest absolute Gasteiger partial charge is 0.481 e. The van der Waals surface area contributed by atoms with E-state index in [9.17, 15) is 9.59 Å². The normalized spacial score (nSPS) is 22.2. The fraction of sp³-hybridized carbons (Fsp3) is 0.615. The predicted octanol–water partition coefficient (Wildman–Crippen LogP) is 1.36. The third kappa shape index (κ3) is 3.97. The van der Waals surface area contributed by atoms with Crippen LogP contribution >= 0.6 is 0 Å². The van der Waals surface area contributed by atoms with E-state index in [2.05, 4.69) is 20.3 Å². The van der Waals surface area contributed by atoms with E-state index in [0.717, 1.165) is 19.3 Å². The number of aliphatic carboxylic acids is 1. The van der Waals surface area contributed by atoms with E-state index in [-0.39, 0.29) is 24.4 Å². The van der Waals surface area contributed by atoms with Gasteiger partial charge in [0.15, 0.2) is 0 Å². The Morgan fingerprint density at radius 3 is 2.85 bits per heavy atom. The molecule has 1 aliphatic carbocycles. The Hall–Kier alpha value is -2.05. The van der Waals surface area contributed by atoms with Gasteiger partial charge in [-0.2, -0.15) is 0 Å². The zero-order chi connectivity index (χ0) is 14.4. The van der Waals surface area contributed by atoms with Gasteiger partial charge in [0.2, 0.25) is 0 Å². The van der Waals surface area contributed by atoms with Crippen molar-refractivity contribution in [2.75, 3.05) is 6.54 Å². The Balaban J connectivity index is 1.72. The van der Waals surface area contributed by atoms with E-state index in [1.165, 1.54) is 6.26 Å². The molecule has 0 spiro atoms. The number of hydrogen-bond donors (Lipinski definition) is 3. The van der Waals surface area contributed by atoms with Crippen LogP contribution < -0.4 is 10.6 Å². The highest BCUT2D eigenvalue weighted by Crippen LogP contribution is 2.29. The summed E-state index contributed by atoms with van der Waals surface area (Å²) in [5.74, 6) is -1.10. The molecule has 7 heteroatoms. The van der Waals surface area contributed by atoms with Gasteiger partial charge in [0.1, 0.15) is 12.0 Å². The number of aromatic nitrogens is 1. The molecule has 0 radical (unpaired) electrons. The second-order valence-electron chi connectivity index (χ2n) is 5.04. The molecule has 1 fully saturated rings. The lowest BCUT2D eigenvalue weighted by Crippen LogP contribution is -2.41.